The number of hydrogen-bond donors (Lipinski definition) is 1. The molecule has 102 valence electrons. The number of aromatic nitrogens is 1. The number of pyridine rings is 1. The highest BCUT2D eigenvalue weighted by molar-refractivity contribution is 7.21. The Morgan fingerprint density at radius 1 is 1.35 bits per heavy atom. The van der Waals surface area contributed by atoms with Crippen molar-refractivity contribution in [1.82, 2.24) is 4.98 Å². The number of rotatable bonds is 1. The molecule has 0 spiro atoms. The molecule has 20 heavy (non-hydrogen) atoms. The van der Waals surface area contributed by atoms with Gasteiger partial charge < -0.3 is 10.5 Å². The Kier molecular flexibility index (Phi) is 2.87. The molecule has 0 unspecified atom stereocenters. The maximum absolute atomic E-state index is 11.7. The topological polar surface area (TPSA) is 65.2 Å². The second-order valence-corrected chi connectivity index (χ2v) is 5.76. The summed E-state index contributed by atoms with van der Waals surface area (Å²) in [6.45, 7) is 4.11. The molecule has 0 aliphatic heterocycles. The Morgan fingerprint density at radius 2 is 2.10 bits per heavy atom. The standard InChI is InChI=1S/C15H14N2O2S/c1-7-4-5-9-6-10-11(16)13(15(18)19-3)20-14(10)17-12(9)8(7)2/h4-6H,16H2,1-3H3. The summed E-state index contributed by atoms with van der Waals surface area (Å²) in [5, 5.41) is 1.84. The number of esters is 1. The smallest absolute Gasteiger partial charge is 0.350 e. The van der Waals surface area contributed by atoms with Gasteiger partial charge in [0.05, 0.1) is 18.3 Å². The zero-order valence-electron chi connectivity index (χ0n) is 11.5. The van der Waals surface area contributed by atoms with E-state index in [0.29, 0.717) is 10.6 Å². The third-order valence-corrected chi connectivity index (χ3v) is 4.68. The highest BCUT2D eigenvalue weighted by Crippen LogP contribution is 2.35. The summed E-state index contributed by atoms with van der Waals surface area (Å²) in [5.74, 6) is -0.414. The van der Waals surface area contributed by atoms with Crippen molar-refractivity contribution in [3.8, 4) is 0 Å². The number of carbonyl (C=O) groups is 1. The van der Waals surface area contributed by atoms with Crippen molar-refractivity contribution in [2.45, 2.75) is 13.8 Å². The molecule has 2 heterocycles. The largest absolute Gasteiger partial charge is 0.465 e. The molecule has 0 aliphatic carbocycles. The molecule has 1 aromatic carbocycles. The molecule has 5 heteroatoms. The van der Waals surface area contributed by atoms with E-state index >= 15 is 0 Å². The highest BCUT2D eigenvalue weighted by atomic mass is 32.1. The lowest BCUT2D eigenvalue weighted by Gasteiger charge is -2.05. The average molecular weight is 286 g/mol. The van der Waals surface area contributed by atoms with Crippen LogP contribution in [0.1, 0.15) is 20.8 Å². The minimum atomic E-state index is -0.414. The molecular weight excluding hydrogens is 272 g/mol. The summed E-state index contributed by atoms with van der Waals surface area (Å²) in [6, 6.07) is 6.08. The minimum Gasteiger partial charge on any atom is -0.465 e. The molecular formula is C15H14N2O2S. The van der Waals surface area contributed by atoms with E-state index < -0.39 is 5.97 Å². The summed E-state index contributed by atoms with van der Waals surface area (Å²) >= 11 is 1.28. The van der Waals surface area contributed by atoms with Crippen molar-refractivity contribution >= 4 is 44.1 Å². The number of anilines is 1. The van der Waals surface area contributed by atoms with E-state index in [1.807, 2.05) is 12.1 Å². The molecule has 0 atom stereocenters. The van der Waals surface area contributed by atoms with E-state index in [1.165, 1.54) is 24.0 Å². The second kappa shape index (κ2) is 4.45. The number of methoxy groups -OCH3 is 1. The average Bonchev–Trinajstić information content (AvgIpc) is 2.77. The summed E-state index contributed by atoms with van der Waals surface area (Å²) in [5.41, 5.74) is 9.79. The third kappa shape index (κ3) is 1.74. The summed E-state index contributed by atoms with van der Waals surface area (Å²) in [6.07, 6.45) is 0. The lowest BCUT2D eigenvalue weighted by Crippen LogP contribution is -2.01. The molecule has 0 fully saturated rings. The Morgan fingerprint density at radius 3 is 2.80 bits per heavy atom. The first kappa shape index (κ1) is 12.9. The monoisotopic (exact) mass is 286 g/mol. The Hall–Kier alpha value is -2.14. The molecule has 0 aliphatic rings. The van der Waals surface area contributed by atoms with Crippen LogP contribution in [0.4, 0.5) is 5.69 Å². The normalized spacial score (nSPS) is 11.2. The van der Waals surface area contributed by atoms with Crippen LogP contribution in [0.3, 0.4) is 0 Å². The molecule has 4 nitrogen and oxygen atoms in total. The van der Waals surface area contributed by atoms with Gasteiger partial charge in [0.25, 0.3) is 0 Å². The lowest BCUT2D eigenvalue weighted by atomic mass is 10.0. The number of nitrogen functional groups attached to an aromatic ring is 1. The number of ether oxygens (including phenoxy) is 1. The van der Waals surface area contributed by atoms with Crippen LogP contribution in [0.2, 0.25) is 0 Å². The van der Waals surface area contributed by atoms with Gasteiger partial charge in [0.2, 0.25) is 0 Å². The molecule has 2 aromatic heterocycles. The Bertz CT molecular complexity index is 852. The quantitative estimate of drug-likeness (QED) is 0.696. The van der Waals surface area contributed by atoms with Crippen molar-refractivity contribution in [2.75, 3.05) is 12.8 Å². The van der Waals surface area contributed by atoms with E-state index in [0.717, 1.165) is 26.7 Å². The van der Waals surface area contributed by atoms with Gasteiger partial charge in [-0.25, -0.2) is 9.78 Å². The Labute approximate surface area is 120 Å². The van der Waals surface area contributed by atoms with Crippen LogP contribution >= 0.6 is 11.3 Å². The molecule has 3 rings (SSSR count). The minimum absolute atomic E-state index is 0.414. The fraction of sp³-hybridized carbons (Fsp3) is 0.200. The van der Waals surface area contributed by atoms with Crippen molar-refractivity contribution in [3.63, 3.8) is 0 Å². The van der Waals surface area contributed by atoms with E-state index in [-0.39, 0.29) is 0 Å². The first-order valence-electron chi connectivity index (χ1n) is 6.20. The van der Waals surface area contributed by atoms with Gasteiger partial charge in [0, 0.05) is 10.8 Å². The van der Waals surface area contributed by atoms with Crippen LogP contribution < -0.4 is 5.73 Å². The number of nitrogens with zero attached hydrogens (tertiary/aromatic N) is 1. The van der Waals surface area contributed by atoms with Crippen LogP contribution in [0.25, 0.3) is 21.1 Å². The van der Waals surface area contributed by atoms with Crippen LogP contribution in [0.15, 0.2) is 18.2 Å². The van der Waals surface area contributed by atoms with Gasteiger partial charge in [-0.15, -0.1) is 11.3 Å². The van der Waals surface area contributed by atoms with Crippen molar-refractivity contribution in [2.24, 2.45) is 0 Å². The highest BCUT2D eigenvalue weighted by Gasteiger charge is 2.18. The second-order valence-electron chi connectivity index (χ2n) is 4.76. The fourth-order valence-corrected chi connectivity index (χ4v) is 3.25. The molecule has 0 amide bonds. The number of nitrogens with two attached hydrogens (primary N) is 1. The first-order valence-corrected chi connectivity index (χ1v) is 7.02. The summed E-state index contributed by atoms with van der Waals surface area (Å²) < 4.78 is 4.75. The number of fused-ring (bicyclic) bond motifs is 2. The van der Waals surface area contributed by atoms with Crippen molar-refractivity contribution < 1.29 is 9.53 Å². The van der Waals surface area contributed by atoms with Gasteiger partial charge in [-0.1, -0.05) is 12.1 Å². The molecule has 0 radical (unpaired) electrons. The van der Waals surface area contributed by atoms with Crippen LogP contribution in [-0.4, -0.2) is 18.1 Å². The van der Waals surface area contributed by atoms with Gasteiger partial charge in [-0.3, -0.25) is 0 Å². The fourth-order valence-electron chi connectivity index (χ4n) is 2.25. The van der Waals surface area contributed by atoms with Gasteiger partial charge in [-0.2, -0.15) is 0 Å². The summed E-state index contributed by atoms with van der Waals surface area (Å²) in [7, 11) is 1.35. The predicted octanol–water partition coefficient (Wildman–Crippen LogP) is 3.44. The lowest BCUT2D eigenvalue weighted by molar-refractivity contribution is 0.0607. The van der Waals surface area contributed by atoms with Crippen LogP contribution in [-0.2, 0) is 4.74 Å². The SMILES string of the molecule is COC(=O)c1sc2nc3c(C)c(C)ccc3cc2c1N. The summed E-state index contributed by atoms with van der Waals surface area (Å²) in [4.78, 5) is 17.5. The van der Waals surface area contributed by atoms with E-state index in [2.05, 4.69) is 24.9 Å². The Balaban J connectivity index is 2.38. The van der Waals surface area contributed by atoms with Crippen molar-refractivity contribution in [1.29, 1.82) is 0 Å². The predicted molar refractivity (Wildman–Crippen MR) is 82.4 cm³/mol. The number of aryl methyl sites for hydroxylation is 2. The van der Waals surface area contributed by atoms with Crippen LogP contribution in [0, 0.1) is 13.8 Å². The number of thiophene rings is 1. The number of benzene rings is 1. The van der Waals surface area contributed by atoms with E-state index in [1.54, 1.807) is 0 Å². The zero-order chi connectivity index (χ0) is 14.4. The molecule has 0 saturated carbocycles. The molecule has 0 bridgehead atoms. The van der Waals surface area contributed by atoms with E-state index in [4.69, 9.17) is 10.5 Å². The molecule has 2 N–H and O–H groups in total. The number of carbonyl (C=O) groups excluding carboxylic acids is 1. The maximum atomic E-state index is 11.7. The molecule has 0 saturated heterocycles. The maximum Gasteiger partial charge on any atom is 0.350 e. The first-order chi connectivity index (χ1) is 9.52. The van der Waals surface area contributed by atoms with Crippen molar-refractivity contribution in [3.05, 3.63) is 34.2 Å². The van der Waals surface area contributed by atoms with Gasteiger partial charge in [0.15, 0.2) is 0 Å². The third-order valence-electron chi connectivity index (χ3n) is 3.58. The zero-order valence-corrected chi connectivity index (χ0v) is 12.3. The van der Waals surface area contributed by atoms with E-state index in [9.17, 15) is 4.79 Å². The van der Waals surface area contributed by atoms with Gasteiger partial charge in [-0.05, 0) is 31.0 Å². The number of hydrogen-bond acceptors (Lipinski definition) is 5. The molecule has 3 aromatic rings. The van der Waals surface area contributed by atoms with Gasteiger partial charge >= 0.3 is 5.97 Å². The van der Waals surface area contributed by atoms with Gasteiger partial charge in [0.1, 0.15) is 9.71 Å². The van der Waals surface area contributed by atoms with Crippen LogP contribution in [0.5, 0.6) is 0 Å².